The third kappa shape index (κ3) is 5.50. The van der Waals surface area contributed by atoms with Crippen molar-refractivity contribution < 1.29 is 14.3 Å². The Balaban J connectivity index is 1.79. The fourth-order valence-electron chi connectivity index (χ4n) is 1.75. The summed E-state index contributed by atoms with van der Waals surface area (Å²) in [6, 6.07) is 14.3. The highest BCUT2D eigenvalue weighted by Gasteiger charge is 2.01. The van der Waals surface area contributed by atoms with Crippen LogP contribution in [-0.4, -0.2) is 18.9 Å². The second-order valence-corrected chi connectivity index (χ2v) is 4.98. The minimum absolute atomic E-state index is 0.146. The van der Waals surface area contributed by atoms with E-state index in [-0.39, 0.29) is 13.2 Å². The Bertz CT molecular complexity index is 748. The molecule has 0 heterocycles. The molecule has 0 unspecified atom stereocenters. The maximum Gasteiger partial charge on any atom is 0.408 e. The SMILES string of the molecule is O=Cc1cc(C#CCNC(=O)OCc2ccccc2)ccc1Cl. The maximum absolute atomic E-state index is 11.5. The molecule has 0 saturated heterocycles. The average molecular weight is 328 g/mol. The van der Waals surface area contributed by atoms with Crippen LogP contribution >= 0.6 is 11.6 Å². The van der Waals surface area contributed by atoms with Crippen molar-refractivity contribution in [3.05, 3.63) is 70.2 Å². The molecule has 2 rings (SSSR count). The lowest BCUT2D eigenvalue weighted by Gasteiger charge is -2.04. The van der Waals surface area contributed by atoms with Crippen LogP contribution in [0.5, 0.6) is 0 Å². The van der Waals surface area contributed by atoms with Gasteiger partial charge in [-0.1, -0.05) is 53.8 Å². The molecule has 0 fully saturated rings. The molecular weight excluding hydrogens is 314 g/mol. The molecule has 1 amide bonds. The molecule has 2 aromatic carbocycles. The van der Waals surface area contributed by atoms with Gasteiger partial charge < -0.3 is 10.1 Å². The number of hydrogen-bond acceptors (Lipinski definition) is 3. The molecule has 0 aliphatic heterocycles. The summed E-state index contributed by atoms with van der Waals surface area (Å²) in [5.41, 5.74) is 1.95. The molecule has 116 valence electrons. The van der Waals surface area contributed by atoms with E-state index in [1.165, 1.54) is 0 Å². The van der Waals surface area contributed by atoms with Crippen molar-refractivity contribution in [2.24, 2.45) is 0 Å². The van der Waals surface area contributed by atoms with E-state index < -0.39 is 6.09 Å². The third-order valence-corrected chi connectivity index (χ3v) is 3.23. The topological polar surface area (TPSA) is 55.4 Å². The molecule has 0 bridgehead atoms. The summed E-state index contributed by atoms with van der Waals surface area (Å²) in [7, 11) is 0. The normalized spacial score (nSPS) is 9.43. The smallest absolute Gasteiger partial charge is 0.408 e. The van der Waals surface area contributed by atoms with Crippen LogP contribution in [0.4, 0.5) is 4.79 Å². The van der Waals surface area contributed by atoms with Crippen LogP contribution < -0.4 is 5.32 Å². The summed E-state index contributed by atoms with van der Waals surface area (Å²) in [4.78, 5) is 22.3. The Labute approximate surface area is 139 Å². The van der Waals surface area contributed by atoms with Crippen molar-refractivity contribution in [1.29, 1.82) is 0 Å². The molecule has 0 aliphatic rings. The highest BCUT2D eigenvalue weighted by Crippen LogP contribution is 2.14. The lowest BCUT2D eigenvalue weighted by Crippen LogP contribution is -2.24. The molecule has 1 N–H and O–H groups in total. The van der Waals surface area contributed by atoms with Gasteiger partial charge >= 0.3 is 6.09 Å². The maximum atomic E-state index is 11.5. The van der Waals surface area contributed by atoms with Crippen LogP contribution in [0.25, 0.3) is 0 Å². The van der Waals surface area contributed by atoms with Crippen molar-refractivity contribution >= 4 is 24.0 Å². The van der Waals surface area contributed by atoms with E-state index >= 15 is 0 Å². The first kappa shape index (κ1) is 16.6. The predicted molar refractivity (Wildman–Crippen MR) is 88.3 cm³/mol. The predicted octanol–water partition coefficient (Wildman–Crippen LogP) is 3.43. The van der Waals surface area contributed by atoms with Crippen molar-refractivity contribution in [1.82, 2.24) is 5.32 Å². The van der Waals surface area contributed by atoms with Gasteiger partial charge in [0.15, 0.2) is 6.29 Å². The monoisotopic (exact) mass is 327 g/mol. The zero-order valence-corrected chi connectivity index (χ0v) is 13.0. The van der Waals surface area contributed by atoms with Gasteiger partial charge in [-0.2, -0.15) is 0 Å². The largest absolute Gasteiger partial charge is 0.445 e. The van der Waals surface area contributed by atoms with Gasteiger partial charge in [-0.25, -0.2) is 4.79 Å². The van der Waals surface area contributed by atoms with Gasteiger partial charge in [-0.15, -0.1) is 0 Å². The van der Waals surface area contributed by atoms with Crippen LogP contribution in [0, 0.1) is 11.8 Å². The number of amides is 1. The zero-order chi connectivity index (χ0) is 16.5. The molecule has 0 radical (unpaired) electrons. The number of hydrogen-bond donors (Lipinski definition) is 1. The van der Waals surface area contributed by atoms with Crippen LogP contribution in [0.2, 0.25) is 5.02 Å². The summed E-state index contributed by atoms with van der Waals surface area (Å²) >= 11 is 5.83. The highest BCUT2D eigenvalue weighted by molar-refractivity contribution is 6.32. The fourth-order valence-corrected chi connectivity index (χ4v) is 1.91. The van der Waals surface area contributed by atoms with Crippen LogP contribution in [0.1, 0.15) is 21.5 Å². The first-order valence-corrected chi connectivity index (χ1v) is 7.25. The number of alkyl carbamates (subject to hydrolysis) is 1. The molecule has 4 nitrogen and oxygen atoms in total. The molecule has 0 aliphatic carbocycles. The second kappa shape index (κ2) is 8.62. The Hall–Kier alpha value is -2.77. The highest BCUT2D eigenvalue weighted by atomic mass is 35.5. The molecule has 2 aromatic rings. The minimum atomic E-state index is -0.534. The summed E-state index contributed by atoms with van der Waals surface area (Å²) in [6.45, 7) is 0.354. The Morgan fingerprint density at radius 1 is 1.22 bits per heavy atom. The van der Waals surface area contributed by atoms with Gasteiger partial charge in [-0.3, -0.25) is 4.79 Å². The molecule has 23 heavy (non-hydrogen) atoms. The Kier molecular flexibility index (Phi) is 6.22. The third-order valence-electron chi connectivity index (χ3n) is 2.89. The van der Waals surface area contributed by atoms with E-state index in [9.17, 15) is 9.59 Å². The van der Waals surface area contributed by atoms with E-state index in [2.05, 4.69) is 17.2 Å². The van der Waals surface area contributed by atoms with Crippen LogP contribution in [-0.2, 0) is 11.3 Å². The van der Waals surface area contributed by atoms with Crippen molar-refractivity contribution in [2.45, 2.75) is 6.61 Å². The van der Waals surface area contributed by atoms with Gasteiger partial charge in [0.1, 0.15) is 6.61 Å². The number of ether oxygens (including phenoxy) is 1. The van der Waals surface area contributed by atoms with Crippen LogP contribution in [0.3, 0.4) is 0 Å². The molecular formula is C18H14ClNO3. The fraction of sp³-hybridized carbons (Fsp3) is 0.111. The lowest BCUT2D eigenvalue weighted by atomic mass is 10.1. The van der Waals surface area contributed by atoms with Gasteiger partial charge in [0, 0.05) is 11.1 Å². The number of nitrogens with one attached hydrogen (secondary N) is 1. The number of carbonyl (C=O) groups is 2. The summed E-state index contributed by atoms with van der Waals surface area (Å²) in [5.74, 6) is 5.62. The number of benzene rings is 2. The second-order valence-electron chi connectivity index (χ2n) is 4.57. The quantitative estimate of drug-likeness (QED) is 0.691. The molecule has 0 spiro atoms. The van der Waals surface area contributed by atoms with E-state index in [0.29, 0.717) is 22.4 Å². The zero-order valence-electron chi connectivity index (χ0n) is 12.2. The number of carbonyl (C=O) groups excluding carboxylic acids is 2. The standard InChI is InChI=1S/C18H14ClNO3/c19-17-9-8-14(11-16(17)12-21)7-4-10-20-18(22)23-13-15-5-2-1-3-6-15/h1-3,5-6,8-9,11-12H,10,13H2,(H,20,22). The van der Waals surface area contributed by atoms with Crippen LogP contribution in [0.15, 0.2) is 48.5 Å². The minimum Gasteiger partial charge on any atom is -0.445 e. The van der Waals surface area contributed by atoms with Gasteiger partial charge in [0.25, 0.3) is 0 Å². The summed E-state index contributed by atoms with van der Waals surface area (Å²) < 4.78 is 5.05. The van der Waals surface area contributed by atoms with Gasteiger partial charge in [0.2, 0.25) is 0 Å². The summed E-state index contributed by atoms with van der Waals surface area (Å²) in [6.07, 6.45) is 0.139. The van der Waals surface area contributed by atoms with E-state index in [1.807, 2.05) is 30.3 Å². The Morgan fingerprint density at radius 3 is 2.74 bits per heavy atom. The number of rotatable bonds is 4. The van der Waals surface area contributed by atoms with E-state index in [1.54, 1.807) is 18.2 Å². The lowest BCUT2D eigenvalue weighted by molar-refractivity contribution is 0.112. The summed E-state index contributed by atoms with van der Waals surface area (Å²) in [5, 5.41) is 2.92. The molecule has 0 saturated carbocycles. The van der Waals surface area contributed by atoms with Gasteiger partial charge in [-0.05, 0) is 23.8 Å². The van der Waals surface area contributed by atoms with E-state index in [0.717, 1.165) is 5.56 Å². The number of aldehydes is 1. The van der Waals surface area contributed by atoms with Crippen molar-refractivity contribution in [2.75, 3.05) is 6.54 Å². The van der Waals surface area contributed by atoms with Gasteiger partial charge in [0.05, 0.1) is 11.6 Å². The molecule has 0 aromatic heterocycles. The average Bonchev–Trinajstić information content (AvgIpc) is 2.59. The van der Waals surface area contributed by atoms with Crippen molar-refractivity contribution in [3.63, 3.8) is 0 Å². The number of halogens is 1. The molecule has 5 heteroatoms. The first-order valence-electron chi connectivity index (χ1n) is 6.87. The molecule has 0 atom stereocenters. The van der Waals surface area contributed by atoms with Crippen molar-refractivity contribution in [3.8, 4) is 11.8 Å². The first-order chi connectivity index (χ1) is 11.2. The van der Waals surface area contributed by atoms with E-state index in [4.69, 9.17) is 16.3 Å². The Morgan fingerprint density at radius 2 is 2.00 bits per heavy atom.